The third-order valence-corrected chi connectivity index (χ3v) is 6.41. The van der Waals surface area contributed by atoms with Crippen LogP contribution in [0.2, 0.25) is 0 Å². The largest absolute Gasteiger partial charge is 0.489 e. The summed E-state index contributed by atoms with van der Waals surface area (Å²) in [5.41, 5.74) is 4.31. The van der Waals surface area contributed by atoms with Crippen LogP contribution in [-0.4, -0.2) is 33.7 Å². The van der Waals surface area contributed by atoms with Gasteiger partial charge in [0.25, 0.3) is 5.91 Å². The number of aromatic nitrogens is 2. The molecule has 5 rings (SSSR count). The smallest absolute Gasteiger partial charge is 0.264 e. The summed E-state index contributed by atoms with van der Waals surface area (Å²) in [5, 5.41) is 14.7. The Bertz CT molecular complexity index is 1430. The van der Waals surface area contributed by atoms with Crippen LogP contribution in [0.1, 0.15) is 30.4 Å². The topological polar surface area (TPSA) is 71.1 Å². The summed E-state index contributed by atoms with van der Waals surface area (Å²) in [7, 11) is 0. The predicted molar refractivity (Wildman–Crippen MR) is 144 cm³/mol. The first kappa shape index (κ1) is 24.1. The molecule has 2 heterocycles. The molecule has 1 aromatic heterocycles. The average Bonchev–Trinajstić information content (AvgIpc) is 3.40. The average molecular weight is 489 g/mol. The van der Waals surface area contributed by atoms with Crippen LogP contribution >= 0.6 is 0 Å². The molecule has 0 saturated carbocycles. The lowest BCUT2D eigenvalue weighted by Crippen LogP contribution is -2.36. The molecule has 1 fully saturated rings. The summed E-state index contributed by atoms with van der Waals surface area (Å²) in [4.78, 5) is 14.9. The number of carbonyl (C=O) groups is 1. The molecule has 0 unspecified atom stereocenters. The molecule has 6 heteroatoms. The van der Waals surface area contributed by atoms with Crippen molar-refractivity contribution in [2.45, 2.75) is 25.9 Å². The summed E-state index contributed by atoms with van der Waals surface area (Å²) in [6.07, 6.45) is 6.58. The third kappa shape index (κ3) is 5.79. The Kier molecular flexibility index (Phi) is 7.42. The normalized spacial score (nSPS) is 13.7. The Morgan fingerprint density at radius 1 is 0.946 bits per heavy atom. The molecule has 3 aromatic carbocycles. The molecular formula is C31H28N4O2. The molecule has 0 aliphatic carbocycles. The molecule has 1 amide bonds. The van der Waals surface area contributed by atoms with Crippen LogP contribution < -0.4 is 4.74 Å². The fraction of sp³-hybridized carbons (Fsp3) is 0.194. The zero-order valence-electron chi connectivity index (χ0n) is 20.6. The minimum atomic E-state index is -0.222. The molecule has 1 aliphatic heterocycles. The lowest BCUT2D eigenvalue weighted by molar-refractivity contribution is -0.127. The Labute approximate surface area is 217 Å². The SMILES string of the molecule is N#C/C(=C/c1cn(-c2ccccc2)nc1-c1cccc(OCc2ccccc2)c1)C(=O)N1CCCCC1. The molecule has 6 nitrogen and oxygen atoms in total. The Hall–Kier alpha value is -4.63. The molecule has 1 saturated heterocycles. The van der Waals surface area contributed by atoms with Gasteiger partial charge in [-0.3, -0.25) is 4.79 Å². The molecule has 0 spiro atoms. The Balaban J connectivity index is 1.50. The van der Waals surface area contributed by atoms with E-state index in [0.29, 0.717) is 31.0 Å². The molecule has 0 atom stereocenters. The number of piperidine rings is 1. The van der Waals surface area contributed by atoms with Gasteiger partial charge in [0.2, 0.25) is 0 Å². The van der Waals surface area contributed by atoms with Crippen molar-refractivity contribution in [3.8, 4) is 28.8 Å². The van der Waals surface area contributed by atoms with E-state index in [9.17, 15) is 10.1 Å². The number of para-hydroxylation sites is 1. The molecule has 37 heavy (non-hydrogen) atoms. The zero-order valence-corrected chi connectivity index (χ0v) is 20.6. The number of amides is 1. The van der Waals surface area contributed by atoms with Gasteiger partial charge in [-0.15, -0.1) is 0 Å². The molecule has 4 aromatic rings. The maximum Gasteiger partial charge on any atom is 0.264 e. The summed E-state index contributed by atoms with van der Waals surface area (Å²) in [6, 6.07) is 29.7. The fourth-order valence-corrected chi connectivity index (χ4v) is 4.47. The Morgan fingerprint density at radius 2 is 1.68 bits per heavy atom. The summed E-state index contributed by atoms with van der Waals surface area (Å²) in [5.74, 6) is 0.496. The second-order valence-electron chi connectivity index (χ2n) is 9.04. The number of hydrogen-bond donors (Lipinski definition) is 0. The molecular weight excluding hydrogens is 460 g/mol. The highest BCUT2D eigenvalue weighted by atomic mass is 16.5. The molecule has 1 aliphatic rings. The number of nitrogens with zero attached hydrogens (tertiary/aromatic N) is 4. The van der Waals surface area contributed by atoms with Gasteiger partial charge in [-0.05, 0) is 55.2 Å². The fourth-order valence-electron chi connectivity index (χ4n) is 4.47. The number of nitriles is 1. The van der Waals surface area contributed by atoms with Crippen molar-refractivity contribution in [3.63, 3.8) is 0 Å². The molecule has 0 radical (unpaired) electrons. The van der Waals surface area contributed by atoms with Crippen LogP contribution in [0, 0.1) is 11.3 Å². The molecule has 0 N–H and O–H groups in total. The van der Waals surface area contributed by atoms with E-state index in [4.69, 9.17) is 9.84 Å². The maximum atomic E-state index is 13.1. The third-order valence-electron chi connectivity index (χ3n) is 6.41. The maximum absolute atomic E-state index is 13.1. The van der Waals surface area contributed by atoms with Gasteiger partial charge in [-0.2, -0.15) is 10.4 Å². The van der Waals surface area contributed by atoms with Gasteiger partial charge in [0.1, 0.15) is 29.7 Å². The van der Waals surface area contributed by atoms with Gasteiger partial charge in [-0.1, -0.05) is 60.7 Å². The highest BCUT2D eigenvalue weighted by molar-refractivity contribution is 6.02. The van der Waals surface area contributed by atoms with Crippen molar-refractivity contribution < 1.29 is 9.53 Å². The monoisotopic (exact) mass is 488 g/mol. The van der Waals surface area contributed by atoms with Crippen LogP contribution in [0.5, 0.6) is 5.75 Å². The van der Waals surface area contributed by atoms with Gasteiger partial charge in [0, 0.05) is 30.4 Å². The van der Waals surface area contributed by atoms with Crippen molar-refractivity contribution in [1.82, 2.24) is 14.7 Å². The van der Waals surface area contributed by atoms with Crippen LogP contribution in [0.15, 0.2) is 96.7 Å². The summed E-state index contributed by atoms with van der Waals surface area (Å²) < 4.78 is 7.82. The number of hydrogen-bond acceptors (Lipinski definition) is 4. The predicted octanol–water partition coefficient (Wildman–Crippen LogP) is 6.04. The van der Waals surface area contributed by atoms with E-state index in [0.717, 1.165) is 41.8 Å². The number of rotatable bonds is 7. The number of benzene rings is 3. The van der Waals surface area contributed by atoms with E-state index in [1.165, 1.54) is 0 Å². The van der Waals surface area contributed by atoms with Crippen LogP contribution in [0.4, 0.5) is 0 Å². The van der Waals surface area contributed by atoms with E-state index in [2.05, 4.69) is 6.07 Å². The summed E-state index contributed by atoms with van der Waals surface area (Å²) >= 11 is 0. The van der Waals surface area contributed by atoms with E-state index in [-0.39, 0.29) is 11.5 Å². The number of carbonyl (C=O) groups excluding carboxylic acids is 1. The van der Waals surface area contributed by atoms with Gasteiger partial charge in [-0.25, -0.2) is 4.68 Å². The minimum Gasteiger partial charge on any atom is -0.489 e. The highest BCUT2D eigenvalue weighted by Crippen LogP contribution is 2.29. The van der Waals surface area contributed by atoms with Crippen LogP contribution in [-0.2, 0) is 11.4 Å². The quantitative estimate of drug-likeness (QED) is 0.235. The van der Waals surface area contributed by atoms with Gasteiger partial charge >= 0.3 is 0 Å². The van der Waals surface area contributed by atoms with E-state index in [1.54, 1.807) is 15.7 Å². The first-order valence-electron chi connectivity index (χ1n) is 12.5. The van der Waals surface area contributed by atoms with Crippen molar-refractivity contribution in [1.29, 1.82) is 5.26 Å². The second-order valence-corrected chi connectivity index (χ2v) is 9.04. The molecule has 184 valence electrons. The Morgan fingerprint density at radius 3 is 2.41 bits per heavy atom. The van der Waals surface area contributed by atoms with Crippen molar-refractivity contribution in [2.75, 3.05) is 13.1 Å². The zero-order chi connectivity index (χ0) is 25.5. The first-order chi connectivity index (χ1) is 18.2. The minimum absolute atomic E-state index is 0.118. The van der Waals surface area contributed by atoms with E-state index >= 15 is 0 Å². The first-order valence-corrected chi connectivity index (χ1v) is 12.5. The second kappa shape index (κ2) is 11.4. The number of likely N-dealkylation sites (tertiary alicyclic amines) is 1. The highest BCUT2D eigenvalue weighted by Gasteiger charge is 2.21. The van der Waals surface area contributed by atoms with Crippen molar-refractivity contribution in [3.05, 3.63) is 108 Å². The van der Waals surface area contributed by atoms with Gasteiger partial charge in [0.15, 0.2) is 0 Å². The van der Waals surface area contributed by atoms with Crippen molar-refractivity contribution >= 4 is 12.0 Å². The lowest BCUT2D eigenvalue weighted by atomic mass is 10.0. The van der Waals surface area contributed by atoms with E-state index in [1.807, 2.05) is 91.1 Å². The number of ether oxygens (including phenoxy) is 1. The lowest BCUT2D eigenvalue weighted by Gasteiger charge is -2.26. The van der Waals surface area contributed by atoms with Crippen molar-refractivity contribution in [2.24, 2.45) is 0 Å². The van der Waals surface area contributed by atoms with E-state index < -0.39 is 0 Å². The standard InChI is InChI=1S/C31H28N4O2/c32-21-26(31(36)34-17-8-3-9-18-34)19-27-22-35(28-14-6-2-7-15-28)33-30(27)25-13-10-16-29(20-25)37-23-24-11-4-1-5-12-24/h1-2,4-7,10-16,19-20,22H,3,8-9,17-18,23H2/b26-19-. The summed E-state index contributed by atoms with van der Waals surface area (Å²) in [6.45, 7) is 1.84. The van der Waals surface area contributed by atoms with Crippen LogP contribution in [0.25, 0.3) is 23.0 Å². The molecule has 0 bridgehead atoms. The van der Waals surface area contributed by atoms with Crippen LogP contribution in [0.3, 0.4) is 0 Å². The van der Waals surface area contributed by atoms with Gasteiger partial charge < -0.3 is 9.64 Å². The van der Waals surface area contributed by atoms with Gasteiger partial charge in [0.05, 0.1) is 5.69 Å².